The molecule has 5 rings (SSSR count). The molecular weight excluding hydrogens is 474 g/mol. The van der Waals surface area contributed by atoms with Gasteiger partial charge in [0, 0.05) is 58.9 Å². The fraction of sp³-hybridized carbons (Fsp3) is 0.226. The Hall–Kier alpha value is -3.92. The second-order valence-electron chi connectivity index (χ2n) is 9.22. The van der Waals surface area contributed by atoms with E-state index in [1.165, 1.54) is 36.4 Å². The second-order valence-corrected chi connectivity index (χ2v) is 10.2. The number of hydrogen-bond donors (Lipinski definition) is 2. The van der Waals surface area contributed by atoms with Crippen LogP contribution in [0.1, 0.15) is 29.5 Å². The molecule has 3 aromatic heterocycles. The molecule has 1 saturated heterocycles. The van der Waals surface area contributed by atoms with E-state index in [1.807, 2.05) is 30.9 Å². The fourth-order valence-electron chi connectivity index (χ4n) is 4.67. The van der Waals surface area contributed by atoms with Gasteiger partial charge in [-0.05, 0) is 84.8 Å². The number of likely N-dealkylation sites (tertiary alicyclic amines) is 1. The molecule has 0 unspecified atom stereocenters. The van der Waals surface area contributed by atoms with Crippen molar-refractivity contribution in [1.29, 1.82) is 0 Å². The van der Waals surface area contributed by atoms with E-state index >= 15 is 0 Å². The summed E-state index contributed by atoms with van der Waals surface area (Å²) in [6.07, 6.45) is 18.9. The molecule has 0 bridgehead atoms. The molecule has 0 radical (unpaired) electrons. The van der Waals surface area contributed by atoms with Gasteiger partial charge in [0.25, 0.3) is 0 Å². The van der Waals surface area contributed by atoms with Crippen LogP contribution in [0.15, 0.2) is 78.8 Å². The number of anilines is 2. The van der Waals surface area contributed by atoms with E-state index in [2.05, 4.69) is 82.2 Å². The van der Waals surface area contributed by atoms with Crippen molar-refractivity contribution in [2.45, 2.75) is 32.7 Å². The molecule has 5 nitrogen and oxygen atoms in total. The van der Waals surface area contributed by atoms with Gasteiger partial charge in [-0.1, -0.05) is 18.7 Å². The highest BCUT2D eigenvalue weighted by atomic mass is 32.1. The number of nitrogens with two attached hydrogens (primary N) is 1. The van der Waals surface area contributed by atoms with Crippen molar-refractivity contribution in [1.82, 2.24) is 14.9 Å². The molecule has 4 heterocycles. The molecule has 0 amide bonds. The van der Waals surface area contributed by atoms with Crippen LogP contribution in [0.4, 0.5) is 11.4 Å². The number of rotatable bonds is 8. The van der Waals surface area contributed by atoms with Crippen LogP contribution in [-0.4, -0.2) is 28.0 Å². The Balaban J connectivity index is 0.00000156. The minimum Gasteiger partial charge on any atom is -0.398 e. The molecule has 0 saturated carbocycles. The van der Waals surface area contributed by atoms with Crippen LogP contribution in [0.3, 0.4) is 0 Å². The summed E-state index contributed by atoms with van der Waals surface area (Å²) in [7, 11) is 0. The number of benzene rings is 1. The molecular formula is C31H33N5S. The number of nitrogen functional groups attached to an aromatic ring is 1. The second kappa shape index (κ2) is 12.4. The molecule has 0 spiro atoms. The van der Waals surface area contributed by atoms with Crippen LogP contribution in [0.5, 0.6) is 0 Å². The van der Waals surface area contributed by atoms with E-state index in [0.29, 0.717) is 6.42 Å². The van der Waals surface area contributed by atoms with Crippen LogP contribution in [0, 0.1) is 19.8 Å². The van der Waals surface area contributed by atoms with Crippen LogP contribution < -0.4 is 11.1 Å². The van der Waals surface area contributed by atoms with Gasteiger partial charge in [0.05, 0.1) is 11.9 Å². The summed E-state index contributed by atoms with van der Waals surface area (Å²) in [6, 6.07) is 12.6. The van der Waals surface area contributed by atoms with Crippen molar-refractivity contribution in [3.63, 3.8) is 0 Å². The van der Waals surface area contributed by atoms with Crippen molar-refractivity contribution < 1.29 is 0 Å². The highest BCUT2D eigenvalue weighted by Gasteiger charge is 2.13. The third kappa shape index (κ3) is 6.45. The Labute approximate surface area is 224 Å². The molecule has 4 aromatic rings. The van der Waals surface area contributed by atoms with Gasteiger partial charge in [0.2, 0.25) is 0 Å². The van der Waals surface area contributed by atoms with E-state index in [1.54, 1.807) is 11.3 Å². The Morgan fingerprint density at radius 2 is 1.84 bits per heavy atom. The zero-order valence-corrected chi connectivity index (χ0v) is 22.1. The molecule has 0 atom stereocenters. The molecule has 188 valence electrons. The molecule has 1 aliphatic rings. The van der Waals surface area contributed by atoms with Gasteiger partial charge < -0.3 is 11.1 Å². The molecule has 6 heteroatoms. The van der Waals surface area contributed by atoms with E-state index in [4.69, 9.17) is 5.73 Å². The SMILES string of the molecule is C#C.C=C(Cc1cc(-c2cncc(CN3CCCC3)c2)ccc1N)Nc1cncc(-c2cccs2)c1C. The first-order valence-corrected chi connectivity index (χ1v) is 13.3. The summed E-state index contributed by atoms with van der Waals surface area (Å²) >= 11 is 1.72. The van der Waals surface area contributed by atoms with E-state index in [9.17, 15) is 0 Å². The smallest absolute Gasteiger partial charge is 0.0604 e. The quantitative estimate of drug-likeness (QED) is 0.203. The first kappa shape index (κ1) is 26.2. The third-order valence-electron chi connectivity index (χ3n) is 6.59. The zero-order valence-electron chi connectivity index (χ0n) is 21.3. The van der Waals surface area contributed by atoms with Gasteiger partial charge in [0.1, 0.15) is 0 Å². The highest BCUT2D eigenvalue weighted by molar-refractivity contribution is 7.13. The van der Waals surface area contributed by atoms with Gasteiger partial charge in [-0.15, -0.1) is 24.2 Å². The van der Waals surface area contributed by atoms with Crippen molar-refractivity contribution in [3.8, 4) is 34.4 Å². The lowest BCUT2D eigenvalue weighted by molar-refractivity contribution is 0.331. The lowest BCUT2D eigenvalue weighted by Gasteiger charge is -2.16. The van der Waals surface area contributed by atoms with Crippen molar-refractivity contribution >= 4 is 22.7 Å². The molecule has 1 aromatic carbocycles. The Morgan fingerprint density at radius 3 is 2.59 bits per heavy atom. The maximum absolute atomic E-state index is 6.36. The lowest BCUT2D eigenvalue weighted by atomic mass is 9.99. The largest absolute Gasteiger partial charge is 0.398 e. The summed E-state index contributed by atoms with van der Waals surface area (Å²) in [5.41, 5.74) is 15.8. The van der Waals surface area contributed by atoms with Crippen LogP contribution in [0.25, 0.3) is 21.6 Å². The molecule has 3 N–H and O–H groups in total. The van der Waals surface area contributed by atoms with Gasteiger partial charge in [-0.2, -0.15) is 0 Å². The van der Waals surface area contributed by atoms with E-state index in [0.717, 1.165) is 51.4 Å². The number of nitrogens with one attached hydrogen (secondary N) is 1. The van der Waals surface area contributed by atoms with Crippen molar-refractivity contribution in [2.75, 3.05) is 24.1 Å². The Bertz CT molecular complexity index is 1370. The summed E-state index contributed by atoms with van der Waals surface area (Å²) in [4.78, 5) is 12.7. The van der Waals surface area contributed by atoms with E-state index < -0.39 is 0 Å². The van der Waals surface area contributed by atoms with Gasteiger partial charge in [-0.3, -0.25) is 14.9 Å². The monoisotopic (exact) mass is 507 g/mol. The number of pyridine rings is 2. The molecule has 1 aliphatic heterocycles. The summed E-state index contributed by atoms with van der Waals surface area (Å²) < 4.78 is 0. The zero-order chi connectivity index (χ0) is 26.2. The van der Waals surface area contributed by atoms with Crippen LogP contribution >= 0.6 is 11.3 Å². The van der Waals surface area contributed by atoms with Gasteiger partial charge in [0.15, 0.2) is 0 Å². The summed E-state index contributed by atoms with van der Waals surface area (Å²) in [5.74, 6) is 0. The number of terminal acetylenes is 1. The van der Waals surface area contributed by atoms with Crippen molar-refractivity contribution in [3.05, 3.63) is 95.5 Å². The highest BCUT2D eigenvalue weighted by Crippen LogP contribution is 2.32. The minimum atomic E-state index is 0.628. The van der Waals surface area contributed by atoms with Crippen molar-refractivity contribution in [2.24, 2.45) is 0 Å². The van der Waals surface area contributed by atoms with Crippen LogP contribution in [-0.2, 0) is 13.0 Å². The fourth-order valence-corrected chi connectivity index (χ4v) is 5.46. The van der Waals surface area contributed by atoms with E-state index in [-0.39, 0.29) is 0 Å². The van der Waals surface area contributed by atoms with Crippen LogP contribution in [0.2, 0.25) is 0 Å². The molecule has 0 aliphatic carbocycles. The Kier molecular flexibility index (Phi) is 8.73. The standard InChI is InChI=1S/C29H31N5S.C2H2/c1-20(33-28-18-32-17-26(21(28)2)29-6-5-11-35-29)12-24-14-23(7-8-27(24)30)25-13-22(15-31-16-25)19-34-9-3-4-10-34;1-2/h5-8,11,13-18,33H,1,3-4,9-10,12,19,30H2,2H3;1-2H. The summed E-state index contributed by atoms with van der Waals surface area (Å²) in [6.45, 7) is 9.71. The number of nitrogens with zero attached hydrogens (tertiary/aromatic N) is 3. The Morgan fingerprint density at radius 1 is 1.05 bits per heavy atom. The summed E-state index contributed by atoms with van der Waals surface area (Å²) in [5, 5.41) is 5.56. The van der Waals surface area contributed by atoms with Gasteiger partial charge >= 0.3 is 0 Å². The maximum atomic E-state index is 6.36. The molecule has 1 fully saturated rings. The maximum Gasteiger partial charge on any atom is 0.0604 e. The number of allylic oxidation sites excluding steroid dienone is 1. The van der Waals surface area contributed by atoms with Gasteiger partial charge in [-0.25, -0.2) is 0 Å². The topological polar surface area (TPSA) is 67.1 Å². The molecule has 37 heavy (non-hydrogen) atoms. The number of aromatic nitrogens is 2. The third-order valence-corrected chi connectivity index (χ3v) is 7.50. The predicted octanol–water partition coefficient (Wildman–Crippen LogP) is 6.78. The predicted molar refractivity (Wildman–Crippen MR) is 157 cm³/mol. The number of thiophene rings is 1. The first-order chi connectivity index (χ1) is 18.1. The lowest BCUT2D eigenvalue weighted by Crippen LogP contribution is -2.18. The number of hydrogen-bond acceptors (Lipinski definition) is 6. The average Bonchev–Trinajstić information content (AvgIpc) is 3.63. The average molecular weight is 508 g/mol. The first-order valence-electron chi connectivity index (χ1n) is 12.4. The minimum absolute atomic E-state index is 0.628. The normalized spacial score (nSPS) is 13.1.